The van der Waals surface area contributed by atoms with Crippen molar-refractivity contribution in [2.24, 2.45) is 0 Å². The molecule has 2 aromatic rings. The molecule has 25 heavy (non-hydrogen) atoms. The molecule has 0 saturated carbocycles. The van der Waals surface area contributed by atoms with Crippen LogP contribution < -0.4 is 5.32 Å². The minimum atomic E-state index is -3.64. The van der Waals surface area contributed by atoms with Crippen LogP contribution in [0.5, 0.6) is 0 Å². The lowest BCUT2D eigenvalue weighted by Gasteiger charge is -2.17. The zero-order valence-electron chi connectivity index (χ0n) is 13.7. The standard InChI is InChI=1S/C16H18ClN3O3S2/c1-11-18-13(10-24-11)9-16(21)19-12-4-5-14(17)15(8-12)25(22,23)20-6-2-3-7-20/h4-5,8,10H,2-3,6-7,9H2,1H3,(H,19,21). The zero-order valence-corrected chi connectivity index (χ0v) is 16.0. The first-order valence-electron chi connectivity index (χ1n) is 7.87. The van der Waals surface area contributed by atoms with E-state index in [-0.39, 0.29) is 22.2 Å². The number of benzene rings is 1. The fourth-order valence-corrected chi connectivity index (χ4v) is 5.34. The molecule has 2 heterocycles. The van der Waals surface area contributed by atoms with Gasteiger partial charge in [0.25, 0.3) is 0 Å². The number of rotatable bonds is 5. The van der Waals surface area contributed by atoms with Crippen LogP contribution in [0.25, 0.3) is 0 Å². The third-order valence-electron chi connectivity index (χ3n) is 3.91. The van der Waals surface area contributed by atoms with Gasteiger partial charge >= 0.3 is 0 Å². The van der Waals surface area contributed by atoms with Gasteiger partial charge < -0.3 is 5.32 Å². The Hall–Kier alpha value is -1.48. The summed E-state index contributed by atoms with van der Waals surface area (Å²) < 4.78 is 26.8. The Kier molecular flexibility index (Phi) is 5.43. The molecule has 1 aromatic heterocycles. The van der Waals surface area contributed by atoms with E-state index in [9.17, 15) is 13.2 Å². The molecule has 1 aliphatic heterocycles. The molecule has 1 aliphatic rings. The average molecular weight is 400 g/mol. The average Bonchev–Trinajstić information content (AvgIpc) is 3.21. The molecule has 1 aromatic carbocycles. The van der Waals surface area contributed by atoms with E-state index in [2.05, 4.69) is 10.3 Å². The summed E-state index contributed by atoms with van der Waals surface area (Å²) in [5.41, 5.74) is 1.10. The molecule has 0 spiro atoms. The molecule has 0 atom stereocenters. The van der Waals surface area contributed by atoms with Crippen LogP contribution in [0.2, 0.25) is 5.02 Å². The van der Waals surface area contributed by atoms with E-state index in [0.29, 0.717) is 24.5 Å². The van der Waals surface area contributed by atoms with E-state index >= 15 is 0 Å². The summed E-state index contributed by atoms with van der Waals surface area (Å²) in [5.74, 6) is -0.253. The van der Waals surface area contributed by atoms with Gasteiger partial charge in [-0.3, -0.25) is 4.79 Å². The second kappa shape index (κ2) is 7.41. The first kappa shape index (κ1) is 18.3. The van der Waals surface area contributed by atoms with Gasteiger partial charge in [-0.05, 0) is 38.0 Å². The number of carbonyl (C=O) groups excluding carboxylic acids is 1. The molecule has 3 rings (SSSR count). The van der Waals surface area contributed by atoms with E-state index in [1.807, 2.05) is 12.3 Å². The molecule has 1 amide bonds. The van der Waals surface area contributed by atoms with Crippen LogP contribution in [0.1, 0.15) is 23.5 Å². The minimum absolute atomic E-state index is 0.0263. The van der Waals surface area contributed by atoms with E-state index in [0.717, 1.165) is 17.8 Å². The van der Waals surface area contributed by atoms with Crippen LogP contribution >= 0.6 is 22.9 Å². The summed E-state index contributed by atoms with van der Waals surface area (Å²) in [6.07, 6.45) is 1.84. The number of amides is 1. The Balaban J connectivity index is 1.78. The summed E-state index contributed by atoms with van der Waals surface area (Å²) >= 11 is 7.58. The van der Waals surface area contributed by atoms with Crippen LogP contribution in [0.4, 0.5) is 5.69 Å². The van der Waals surface area contributed by atoms with Crippen molar-refractivity contribution in [3.05, 3.63) is 39.3 Å². The summed E-state index contributed by atoms with van der Waals surface area (Å²) in [6.45, 7) is 2.87. The highest BCUT2D eigenvalue weighted by atomic mass is 35.5. The lowest BCUT2D eigenvalue weighted by atomic mass is 10.3. The third kappa shape index (κ3) is 4.20. The molecule has 6 nitrogen and oxygen atoms in total. The lowest BCUT2D eigenvalue weighted by molar-refractivity contribution is -0.115. The molecule has 9 heteroatoms. The number of aromatic nitrogens is 1. The summed E-state index contributed by atoms with van der Waals surface area (Å²) in [5, 5.41) is 5.60. The van der Waals surface area contributed by atoms with Crippen LogP contribution in [0.3, 0.4) is 0 Å². The maximum absolute atomic E-state index is 12.7. The number of hydrogen-bond donors (Lipinski definition) is 1. The van der Waals surface area contributed by atoms with Crippen molar-refractivity contribution in [2.75, 3.05) is 18.4 Å². The predicted octanol–water partition coefficient (Wildman–Crippen LogP) is 3.07. The van der Waals surface area contributed by atoms with Crippen molar-refractivity contribution in [3.8, 4) is 0 Å². The molecule has 1 fully saturated rings. The minimum Gasteiger partial charge on any atom is -0.326 e. The molecule has 0 radical (unpaired) electrons. The molecular formula is C16H18ClN3O3S2. The van der Waals surface area contributed by atoms with Crippen LogP contribution in [0.15, 0.2) is 28.5 Å². The van der Waals surface area contributed by atoms with Crippen molar-refractivity contribution in [2.45, 2.75) is 31.1 Å². The quantitative estimate of drug-likeness (QED) is 0.837. The Labute approximate surface area is 155 Å². The number of sulfonamides is 1. The fraction of sp³-hybridized carbons (Fsp3) is 0.375. The van der Waals surface area contributed by atoms with Gasteiger partial charge in [0.15, 0.2) is 0 Å². The maximum atomic E-state index is 12.7. The number of nitrogens with zero attached hydrogens (tertiary/aromatic N) is 2. The normalized spacial score (nSPS) is 15.4. The maximum Gasteiger partial charge on any atom is 0.244 e. The van der Waals surface area contributed by atoms with E-state index < -0.39 is 10.0 Å². The van der Waals surface area contributed by atoms with Crippen LogP contribution in [-0.2, 0) is 21.2 Å². The summed E-state index contributed by atoms with van der Waals surface area (Å²) in [7, 11) is -3.64. The van der Waals surface area contributed by atoms with Crippen LogP contribution in [-0.4, -0.2) is 36.7 Å². The number of carbonyl (C=O) groups is 1. The van der Waals surface area contributed by atoms with Gasteiger partial charge in [-0.25, -0.2) is 13.4 Å². The van der Waals surface area contributed by atoms with Gasteiger partial charge in [-0.1, -0.05) is 11.6 Å². The van der Waals surface area contributed by atoms with Gasteiger partial charge in [0, 0.05) is 24.2 Å². The van der Waals surface area contributed by atoms with Crippen molar-refractivity contribution in [1.29, 1.82) is 0 Å². The van der Waals surface area contributed by atoms with E-state index in [1.54, 1.807) is 6.07 Å². The van der Waals surface area contributed by atoms with Gasteiger partial charge in [0.1, 0.15) is 4.90 Å². The smallest absolute Gasteiger partial charge is 0.244 e. The molecular weight excluding hydrogens is 382 g/mol. The summed E-state index contributed by atoms with van der Waals surface area (Å²) in [4.78, 5) is 16.4. The first-order valence-corrected chi connectivity index (χ1v) is 10.6. The number of thiazole rings is 1. The van der Waals surface area contributed by atoms with Crippen molar-refractivity contribution in [3.63, 3.8) is 0 Å². The first-order chi connectivity index (χ1) is 11.9. The van der Waals surface area contributed by atoms with Crippen molar-refractivity contribution >= 4 is 44.6 Å². The monoisotopic (exact) mass is 399 g/mol. The zero-order chi connectivity index (χ0) is 18.0. The Morgan fingerprint density at radius 2 is 2.08 bits per heavy atom. The van der Waals surface area contributed by atoms with E-state index in [4.69, 9.17) is 11.6 Å². The second-order valence-corrected chi connectivity index (χ2v) is 9.21. The molecule has 134 valence electrons. The largest absolute Gasteiger partial charge is 0.326 e. The number of halogens is 1. The summed E-state index contributed by atoms with van der Waals surface area (Å²) in [6, 6.07) is 4.50. The number of hydrogen-bond acceptors (Lipinski definition) is 5. The highest BCUT2D eigenvalue weighted by Crippen LogP contribution is 2.29. The van der Waals surface area contributed by atoms with Crippen LogP contribution in [0, 0.1) is 6.92 Å². The van der Waals surface area contributed by atoms with Gasteiger partial charge in [-0.2, -0.15) is 4.31 Å². The number of nitrogens with one attached hydrogen (secondary N) is 1. The molecule has 1 saturated heterocycles. The number of aryl methyl sites for hydroxylation is 1. The topological polar surface area (TPSA) is 79.4 Å². The number of anilines is 1. The van der Waals surface area contributed by atoms with Crippen molar-refractivity contribution < 1.29 is 13.2 Å². The Morgan fingerprint density at radius 3 is 2.72 bits per heavy atom. The van der Waals surface area contributed by atoms with E-state index in [1.165, 1.54) is 27.8 Å². The highest BCUT2D eigenvalue weighted by molar-refractivity contribution is 7.89. The fourth-order valence-electron chi connectivity index (χ4n) is 2.71. The molecule has 0 aliphatic carbocycles. The van der Waals surface area contributed by atoms with Crippen molar-refractivity contribution in [1.82, 2.24) is 9.29 Å². The predicted molar refractivity (Wildman–Crippen MR) is 98.6 cm³/mol. The molecule has 0 unspecified atom stereocenters. The molecule has 0 bridgehead atoms. The van der Waals surface area contributed by atoms with Gasteiger partial charge in [-0.15, -0.1) is 11.3 Å². The SMILES string of the molecule is Cc1nc(CC(=O)Nc2ccc(Cl)c(S(=O)(=O)N3CCCC3)c2)cs1. The Morgan fingerprint density at radius 1 is 1.36 bits per heavy atom. The van der Waals surface area contributed by atoms with Gasteiger partial charge in [0.2, 0.25) is 15.9 Å². The second-order valence-electron chi connectivity index (χ2n) is 5.84. The highest BCUT2D eigenvalue weighted by Gasteiger charge is 2.29. The van der Waals surface area contributed by atoms with Gasteiger partial charge in [0.05, 0.1) is 22.1 Å². The Bertz CT molecular complexity index is 890. The lowest BCUT2D eigenvalue weighted by Crippen LogP contribution is -2.28. The molecule has 1 N–H and O–H groups in total. The third-order valence-corrected chi connectivity index (χ3v) is 7.11.